The van der Waals surface area contributed by atoms with Gasteiger partial charge in [-0.3, -0.25) is 0 Å². The number of halogens is 1. The highest BCUT2D eigenvalue weighted by Gasteiger charge is 2.50. The predicted molar refractivity (Wildman–Crippen MR) is 94.7 cm³/mol. The molecule has 1 atom stereocenters. The summed E-state index contributed by atoms with van der Waals surface area (Å²) in [4.78, 5) is 0. The lowest BCUT2D eigenvalue weighted by molar-refractivity contribution is -0.0420. The van der Waals surface area contributed by atoms with Crippen molar-refractivity contribution in [3.63, 3.8) is 0 Å². The van der Waals surface area contributed by atoms with Gasteiger partial charge in [0.05, 0.1) is 0 Å². The van der Waals surface area contributed by atoms with Crippen LogP contribution in [-0.2, 0) is 10.3 Å². The number of methoxy groups -OCH3 is 1. The molecule has 3 aromatic carbocycles. The molecule has 0 N–H and O–H groups in total. The summed E-state index contributed by atoms with van der Waals surface area (Å²) >= 11 is 0. The maximum atomic E-state index is 15.9. The Bertz CT molecular complexity index is 854. The number of ether oxygens (including phenoxy) is 1. The smallest absolute Gasteiger partial charge is 0.162 e. The van der Waals surface area contributed by atoms with Gasteiger partial charge in [-0.1, -0.05) is 78.4 Å². The maximum Gasteiger partial charge on any atom is 0.162 e. The largest absolute Gasteiger partial charge is 0.365 e. The lowest BCUT2D eigenvalue weighted by Crippen LogP contribution is -2.33. The second-order valence-electron chi connectivity index (χ2n) is 6.31. The van der Waals surface area contributed by atoms with Gasteiger partial charge in [0, 0.05) is 7.11 Å². The fourth-order valence-corrected chi connectivity index (χ4v) is 3.89. The van der Waals surface area contributed by atoms with Crippen LogP contribution in [0, 0.1) is 6.92 Å². The van der Waals surface area contributed by atoms with Gasteiger partial charge in [-0.2, -0.15) is 0 Å². The van der Waals surface area contributed by atoms with E-state index in [9.17, 15) is 0 Å². The van der Waals surface area contributed by atoms with Gasteiger partial charge >= 0.3 is 0 Å². The van der Waals surface area contributed by atoms with Crippen molar-refractivity contribution in [2.75, 3.05) is 7.11 Å². The predicted octanol–water partition coefficient (Wildman–Crippen LogP) is 5.58. The molecule has 0 spiro atoms. The lowest BCUT2D eigenvalue weighted by atomic mass is 9.83. The van der Waals surface area contributed by atoms with E-state index in [1.165, 1.54) is 0 Å². The average molecular weight is 318 g/mol. The van der Waals surface area contributed by atoms with Gasteiger partial charge in [0.2, 0.25) is 0 Å². The Morgan fingerprint density at radius 2 is 1.42 bits per heavy atom. The third-order valence-corrected chi connectivity index (χ3v) is 4.96. The van der Waals surface area contributed by atoms with Crippen molar-refractivity contribution < 1.29 is 9.13 Å². The van der Waals surface area contributed by atoms with E-state index < -0.39 is 11.8 Å². The minimum absolute atomic E-state index is 0.642. The van der Waals surface area contributed by atoms with Crippen molar-refractivity contribution in [3.8, 4) is 11.1 Å². The summed E-state index contributed by atoms with van der Waals surface area (Å²) in [7, 11) is 1.60. The molecule has 120 valence electrons. The molecule has 3 aromatic rings. The van der Waals surface area contributed by atoms with Gasteiger partial charge in [-0.15, -0.1) is 0 Å². The van der Waals surface area contributed by atoms with Crippen molar-refractivity contribution >= 4 is 0 Å². The van der Waals surface area contributed by atoms with Crippen LogP contribution < -0.4 is 0 Å². The molecular weight excluding hydrogens is 299 g/mol. The Morgan fingerprint density at radius 3 is 1.96 bits per heavy atom. The number of fused-ring (bicyclic) bond motifs is 3. The van der Waals surface area contributed by atoms with E-state index in [0.717, 1.165) is 27.8 Å². The summed E-state index contributed by atoms with van der Waals surface area (Å²) in [6.45, 7) is 1.98. The Kier molecular flexibility index (Phi) is 3.50. The highest BCUT2D eigenvalue weighted by molar-refractivity contribution is 5.80. The van der Waals surface area contributed by atoms with Gasteiger partial charge in [0.25, 0.3) is 0 Å². The zero-order chi connectivity index (χ0) is 16.7. The Hall–Kier alpha value is -2.45. The van der Waals surface area contributed by atoms with Crippen molar-refractivity contribution in [2.24, 2.45) is 0 Å². The summed E-state index contributed by atoms with van der Waals surface area (Å²) in [5.41, 5.74) is 4.45. The zero-order valence-electron chi connectivity index (χ0n) is 13.8. The van der Waals surface area contributed by atoms with E-state index in [0.29, 0.717) is 5.56 Å². The highest BCUT2D eigenvalue weighted by atomic mass is 19.1. The lowest BCUT2D eigenvalue weighted by Gasteiger charge is -2.34. The van der Waals surface area contributed by atoms with Crippen LogP contribution in [0.2, 0.25) is 0 Å². The van der Waals surface area contributed by atoms with Gasteiger partial charge in [-0.25, -0.2) is 4.39 Å². The number of hydrogen-bond donors (Lipinski definition) is 0. The normalized spacial score (nSPS) is 15.6. The molecule has 0 saturated carbocycles. The van der Waals surface area contributed by atoms with Crippen LogP contribution in [0.5, 0.6) is 0 Å². The molecule has 1 aliphatic rings. The molecule has 1 nitrogen and oxygen atoms in total. The topological polar surface area (TPSA) is 9.23 Å². The highest BCUT2D eigenvalue weighted by Crippen LogP contribution is 2.56. The third kappa shape index (κ3) is 1.96. The van der Waals surface area contributed by atoms with Crippen LogP contribution in [0.15, 0.2) is 72.8 Å². The first-order chi connectivity index (χ1) is 11.7. The molecule has 24 heavy (non-hydrogen) atoms. The first-order valence-electron chi connectivity index (χ1n) is 8.13. The van der Waals surface area contributed by atoms with Crippen molar-refractivity contribution in [2.45, 2.75) is 18.7 Å². The molecule has 0 radical (unpaired) electrons. The summed E-state index contributed by atoms with van der Waals surface area (Å²) < 4.78 is 21.8. The Labute approximate surface area is 141 Å². The van der Waals surface area contributed by atoms with Crippen LogP contribution in [0.4, 0.5) is 4.39 Å². The van der Waals surface area contributed by atoms with E-state index in [4.69, 9.17) is 4.74 Å². The Balaban J connectivity index is 2.00. The third-order valence-electron chi connectivity index (χ3n) is 4.96. The van der Waals surface area contributed by atoms with Crippen LogP contribution in [0.25, 0.3) is 11.1 Å². The van der Waals surface area contributed by atoms with Gasteiger partial charge in [-0.05, 0) is 34.7 Å². The van der Waals surface area contributed by atoms with Gasteiger partial charge in [0.1, 0.15) is 0 Å². The molecule has 0 bridgehead atoms. The number of hydrogen-bond acceptors (Lipinski definition) is 1. The standard InChI is InChI=1S/C22H19FO/c1-15-8-7-9-16(14-15)21(23)22(24-2)19-12-5-3-10-17(19)18-11-4-6-13-20(18)22/h3-14,21H,1-2H3. The van der Waals surface area contributed by atoms with Crippen LogP contribution in [-0.4, -0.2) is 7.11 Å². The van der Waals surface area contributed by atoms with Crippen LogP contribution >= 0.6 is 0 Å². The summed E-state index contributed by atoms with van der Waals surface area (Å²) in [6, 6.07) is 23.5. The molecule has 2 heteroatoms. The monoisotopic (exact) mass is 318 g/mol. The van der Waals surface area contributed by atoms with Crippen LogP contribution in [0.1, 0.15) is 28.4 Å². The second kappa shape index (κ2) is 5.57. The van der Waals surface area contributed by atoms with E-state index >= 15 is 4.39 Å². The number of benzene rings is 3. The SMILES string of the molecule is COC1(C(F)c2cccc(C)c2)c2ccccc2-c2ccccc21. The van der Waals surface area contributed by atoms with Gasteiger partial charge < -0.3 is 4.74 Å². The molecule has 0 saturated heterocycles. The minimum Gasteiger partial charge on any atom is -0.365 e. The molecule has 1 aliphatic carbocycles. The molecule has 0 heterocycles. The fraction of sp³-hybridized carbons (Fsp3) is 0.182. The minimum atomic E-state index is -1.29. The molecule has 4 rings (SSSR count). The Morgan fingerprint density at radius 1 is 0.833 bits per heavy atom. The van der Waals surface area contributed by atoms with Crippen LogP contribution in [0.3, 0.4) is 0 Å². The maximum absolute atomic E-state index is 15.9. The molecule has 1 unspecified atom stereocenters. The average Bonchev–Trinajstić information content (AvgIpc) is 2.92. The zero-order valence-corrected chi connectivity index (χ0v) is 13.8. The van der Waals surface area contributed by atoms with E-state index in [-0.39, 0.29) is 0 Å². The van der Waals surface area contributed by atoms with Gasteiger partial charge in [0.15, 0.2) is 11.8 Å². The second-order valence-corrected chi connectivity index (χ2v) is 6.31. The van der Waals surface area contributed by atoms with Crippen molar-refractivity contribution in [3.05, 3.63) is 95.1 Å². The first-order valence-corrected chi connectivity index (χ1v) is 8.13. The molecule has 0 aromatic heterocycles. The number of aryl methyl sites for hydroxylation is 1. The number of alkyl halides is 1. The summed E-state index contributed by atoms with van der Waals surface area (Å²) in [5, 5.41) is 0. The summed E-state index contributed by atoms with van der Waals surface area (Å²) in [5.74, 6) is 0. The number of rotatable bonds is 3. The van der Waals surface area contributed by atoms with Crippen molar-refractivity contribution in [1.82, 2.24) is 0 Å². The molecule has 0 aliphatic heterocycles. The van der Waals surface area contributed by atoms with Crippen molar-refractivity contribution in [1.29, 1.82) is 0 Å². The summed E-state index contributed by atoms with van der Waals surface area (Å²) in [6.07, 6.45) is -1.29. The van der Waals surface area contributed by atoms with E-state index in [2.05, 4.69) is 0 Å². The first kappa shape index (κ1) is 15.1. The van der Waals surface area contributed by atoms with E-state index in [1.54, 1.807) is 7.11 Å². The fourth-order valence-electron chi connectivity index (χ4n) is 3.89. The molecule has 0 fully saturated rings. The quantitative estimate of drug-likeness (QED) is 0.613. The molecule has 0 amide bonds. The van der Waals surface area contributed by atoms with E-state index in [1.807, 2.05) is 79.7 Å². The molecular formula is C22H19FO.